The maximum absolute atomic E-state index is 12.1. The molecule has 0 radical (unpaired) electrons. The highest BCUT2D eigenvalue weighted by molar-refractivity contribution is 5.96. The van der Waals surface area contributed by atoms with Crippen LogP contribution in [0.2, 0.25) is 0 Å². The van der Waals surface area contributed by atoms with Crippen LogP contribution in [0, 0.1) is 0 Å². The lowest BCUT2D eigenvalue weighted by Gasteiger charge is -2.14. The van der Waals surface area contributed by atoms with Gasteiger partial charge in [0.15, 0.2) is 0 Å². The third-order valence-corrected chi connectivity index (χ3v) is 3.45. The van der Waals surface area contributed by atoms with Crippen molar-refractivity contribution in [3.63, 3.8) is 0 Å². The third-order valence-electron chi connectivity index (χ3n) is 3.45. The number of rotatable bonds is 2. The van der Waals surface area contributed by atoms with Crippen molar-refractivity contribution in [2.24, 2.45) is 0 Å². The van der Waals surface area contributed by atoms with Gasteiger partial charge in [-0.15, -0.1) is 0 Å². The molecule has 0 saturated heterocycles. The molecule has 1 aromatic heterocycles. The van der Waals surface area contributed by atoms with Crippen LogP contribution in [-0.4, -0.2) is 0 Å². The SMILES string of the molecule is CC(C)c1oc(=O)c2ccccc2c1-c1ccccc1. The van der Waals surface area contributed by atoms with Gasteiger partial charge in [-0.25, -0.2) is 4.79 Å². The van der Waals surface area contributed by atoms with E-state index in [1.165, 1.54) is 0 Å². The minimum atomic E-state index is -0.260. The number of hydrogen-bond acceptors (Lipinski definition) is 2. The molecular weight excluding hydrogens is 248 g/mol. The molecule has 2 nitrogen and oxygen atoms in total. The van der Waals surface area contributed by atoms with Crippen LogP contribution in [0.15, 0.2) is 63.8 Å². The Morgan fingerprint density at radius 1 is 0.850 bits per heavy atom. The molecule has 0 aliphatic carbocycles. The molecule has 0 unspecified atom stereocenters. The Labute approximate surface area is 117 Å². The van der Waals surface area contributed by atoms with E-state index in [-0.39, 0.29) is 11.5 Å². The van der Waals surface area contributed by atoms with E-state index in [0.29, 0.717) is 5.39 Å². The van der Waals surface area contributed by atoms with Gasteiger partial charge in [0.25, 0.3) is 0 Å². The maximum Gasteiger partial charge on any atom is 0.343 e. The Morgan fingerprint density at radius 2 is 1.45 bits per heavy atom. The van der Waals surface area contributed by atoms with Crippen LogP contribution < -0.4 is 5.63 Å². The zero-order chi connectivity index (χ0) is 14.1. The second-order valence-corrected chi connectivity index (χ2v) is 5.20. The van der Waals surface area contributed by atoms with Gasteiger partial charge in [-0.1, -0.05) is 62.4 Å². The van der Waals surface area contributed by atoms with Crippen LogP contribution >= 0.6 is 0 Å². The Morgan fingerprint density at radius 3 is 2.10 bits per heavy atom. The molecule has 0 bridgehead atoms. The first-order chi connectivity index (χ1) is 9.68. The fraction of sp³-hybridized carbons (Fsp3) is 0.167. The Hall–Kier alpha value is -2.35. The van der Waals surface area contributed by atoms with Crippen molar-refractivity contribution < 1.29 is 4.42 Å². The van der Waals surface area contributed by atoms with E-state index >= 15 is 0 Å². The molecule has 0 amide bonds. The second kappa shape index (κ2) is 4.97. The zero-order valence-corrected chi connectivity index (χ0v) is 11.6. The summed E-state index contributed by atoms with van der Waals surface area (Å²) in [7, 11) is 0. The minimum Gasteiger partial charge on any atom is -0.426 e. The van der Waals surface area contributed by atoms with E-state index in [1.54, 1.807) is 0 Å². The molecule has 2 aromatic carbocycles. The lowest BCUT2D eigenvalue weighted by Crippen LogP contribution is -2.06. The molecule has 3 aromatic rings. The van der Waals surface area contributed by atoms with E-state index in [1.807, 2.05) is 68.4 Å². The maximum atomic E-state index is 12.1. The van der Waals surface area contributed by atoms with Crippen molar-refractivity contribution in [2.75, 3.05) is 0 Å². The molecule has 0 fully saturated rings. The number of hydrogen-bond donors (Lipinski definition) is 0. The average Bonchev–Trinajstić information content (AvgIpc) is 2.48. The quantitative estimate of drug-likeness (QED) is 0.678. The third kappa shape index (κ3) is 2.03. The molecule has 100 valence electrons. The minimum absolute atomic E-state index is 0.155. The summed E-state index contributed by atoms with van der Waals surface area (Å²) < 4.78 is 5.58. The molecule has 0 atom stereocenters. The van der Waals surface area contributed by atoms with Crippen molar-refractivity contribution >= 4 is 10.8 Å². The van der Waals surface area contributed by atoms with E-state index < -0.39 is 0 Å². The van der Waals surface area contributed by atoms with Crippen molar-refractivity contribution in [1.82, 2.24) is 0 Å². The van der Waals surface area contributed by atoms with E-state index in [2.05, 4.69) is 0 Å². The van der Waals surface area contributed by atoms with Crippen LogP contribution in [0.3, 0.4) is 0 Å². The highest BCUT2D eigenvalue weighted by Crippen LogP contribution is 2.34. The van der Waals surface area contributed by atoms with Gasteiger partial charge in [0.05, 0.1) is 5.39 Å². The first-order valence-electron chi connectivity index (χ1n) is 6.79. The van der Waals surface area contributed by atoms with Crippen molar-refractivity contribution in [1.29, 1.82) is 0 Å². The van der Waals surface area contributed by atoms with E-state index in [0.717, 1.165) is 22.3 Å². The van der Waals surface area contributed by atoms with Crippen LogP contribution in [0.4, 0.5) is 0 Å². The van der Waals surface area contributed by atoms with Gasteiger partial charge >= 0.3 is 5.63 Å². The molecule has 1 heterocycles. The Kier molecular flexibility index (Phi) is 3.15. The Balaban J connectivity index is 2.47. The predicted molar refractivity (Wildman–Crippen MR) is 82.0 cm³/mol. The van der Waals surface area contributed by atoms with Gasteiger partial charge in [0.1, 0.15) is 5.76 Å². The molecule has 0 aliphatic rings. The highest BCUT2D eigenvalue weighted by Gasteiger charge is 2.17. The summed E-state index contributed by atoms with van der Waals surface area (Å²) >= 11 is 0. The monoisotopic (exact) mass is 264 g/mol. The smallest absolute Gasteiger partial charge is 0.343 e. The van der Waals surface area contributed by atoms with Gasteiger partial charge in [0, 0.05) is 16.9 Å². The summed E-state index contributed by atoms with van der Waals surface area (Å²) in [5, 5.41) is 1.59. The van der Waals surface area contributed by atoms with E-state index in [4.69, 9.17) is 4.42 Å². The van der Waals surface area contributed by atoms with Crippen molar-refractivity contribution in [3.8, 4) is 11.1 Å². The summed E-state index contributed by atoms with van der Waals surface area (Å²) in [6.45, 7) is 4.08. The molecule has 0 saturated carbocycles. The lowest BCUT2D eigenvalue weighted by molar-refractivity contribution is 0.450. The fourth-order valence-electron chi connectivity index (χ4n) is 2.53. The number of fused-ring (bicyclic) bond motifs is 1. The van der Waals surface area contributed by atoms with Crippen molar-refractivity contribution in [2.45, 2.75) is 19.8 Å². The molecule has 0 aliphatic heterocycles. The van der Waals surface area contributed by atoms with Crippen LogP contribution in [-0.2, 0) is 0 Å². The Bertz CT molecular complexity index is 799. The summed E-state index contributed by atoms with van der Waals surface area (Å²) in [6, 6.07) is 17.7. The normalized spacial score (nSPS) is 11.2. The second-order valence-electron chi connectivity index (χ2n) is 5.20. The highest BCUT2D eigenvalue weighted by atomic mass is 16.4. The summed E-state index contributed by atoms with van der Waals surface area (Å²) in [6.07, 6.45) is 0. The summed E-state index contributed by atoms with van der Waals surface area (Å²) in [5.74, 6) is 0.905. The molecule has 3 rings (SSSR count). The van der Waals surface area contributed by atoms with Crippen LogP contribution in [0.25, 0.3) is 21.9 Å². The van der Waals surface area contributed by atoms with Gasteiger partial charge in [-0.3, -0.25) is 0 Å². The predicted octanol–water partition coefficient (Wildman–Crippen LogP) is 4.58. The number of benzene rings is 2. The van der Waals surface area contributed by atoms with Gasteiger partial charge in [0.2, 0.25) is 0 Å². The molecule has 0 N–H and O–H groups in total. The lowest BCUT2D eigenvalue weighted by atomic mass is 9.94. The summed E-state index contributed by atoms with van der Waals surface area (Å²) in [4.78, 5) is 12.1. The van der Waals surface area contributed by atoms with Gasteiger partial charge < -0.3 is 4.42 Å². The van der Waals surface area contributed by atoms with E-state index in [9.17, 15) is 4.79 Å². The topological polar surface area (TPSA) is 30.2 Å². The molecule has 2 heteroatoms. The molecule has 20 heavy (non-hydrogen) atoms. The first-order valence-corrected chi connectivity index (χ1v) is 6.79. The van der Waals surface area contributed by atoms with Gasteiger partial charge in [-0.05, 0) is 11.6 Å². The zero-order valence-electron chi connectivity index (χ0n) is 11.6. The standard InChI is InChI=1S/C18H16O2/c1-12(2)17-16(13-8-4-3-5-9-13)14-10-6-7-11-15(14)18(19)20-17/h3-12H,1-2H3. The van der Waals surface area contributed by atoms with Crippen molar-refractivity contribution in [3.05, 3.63) is 70.8 Å². The molecular formula is C18H16O2. The van der Waals surface area contributed by atoms with Gasteiger partial charge in [-0.2, -0.15) is 0 Å². The average molecular weight is 264 g/mol. The van der Waals surface area contributed by atoms with Crippen LogP contribution in [0.5, 0.6) is 0 Å². The van der Waals surface area contributed by atoms with Crippen LogP contribution in [0.1, 0.15) is 25.5 Å². The fourth-order valence-corrected chi connectivity index (χ4v) is 2.53. The summed E-state index contributed by atoms with van der Waals surface area (Å²) in [5.41, 5.74) is 1.84. The first kappa shape index (κ1) is 12.7. The largest absolute Gasteiger partial charge is 0.426 e. The molecule has 0 spiro atoms.